The summed E-state index contributed by atoms with van der Waals surface area (Å²) in [4.78, 5) is 11.4. The van der Waals surface area contributed by atoms with Crippen LogP contribution in [-0.4, -0.2) is 16.2 Å². The van der Waals surface area contributed by atoms with Crippen molar-refractivity contribution in [3.8, 4) is 11.5 Å². The number of hydrogen-bond donors (Lipinski definition) is 2. The summed E-state index contributed by atoms with van der Waals surface area (Å²) in [6.45, 7) is 9.18. The number of aryl methyl sites for hydroxylation is 4. The number of phenols is 2. The SMILES string of the molecule is CC(=O)OC1=CC(C(c2cc(C)cc(C)c2O)c2cc(C)cc(C)c2O)CC1. The number of rotatable bonds is 4. The predicted molar refractivity (Wildman–Crippen MR) is 110 cm³/mol. The van der Waals surface area contributed by atoms with Crippen LogP contribution in [0.4, 0.5) is 0 Å². The van der Waals surface area contributed by atoms with Gasteiger partial charge in [0.15, 0.2) is 0 Å². The van der Waals surface area contributed by atoms with E-state index in [0.29, 0.717) is 12.2 Å². The first-order chi connectivity index (χ1) is 13.2. The molecule has 0 saturated carbocycles. The Hall–Kier alpha value is -2.75. The third-order valence-corrected chi connectivity index (χ3v) is 5.45. The van der Waals surface area contributed by atoms with Gasteiger partial charge in [-0.3, -0.25) is 4.79 Å². The van der Waals surface area contributed by atoms with Crippen LogP contribution in [0.15, 0.2) is 36.1 Å². The van der Waals surface area contributed by atoms with E-state index in [1.165, 1.54) is 6.92 Å². The highest BCUT2D eigenvalue weighted by atomic mass is 16.5. The minimum Gasteiger partial charge on any atom is -0.507 e. The molecule has 3 rings (SSSR count). The number of phenolic OH excluding ortho intramolecular Hbond substituents is 2. The molecule has 2 aromatic carbocycles. The monoisotopic (exact) mass is 380 g/mol. The van der Waals surface area contributed by atoms with Crippen molar-refractivity contribution in [2.24, 2.45) is 5.92 Å². The third-order valence-electron chi connectivity index (χ3n) is 5.45. The molecule has 28 heavy (non-hydrogen) atoms. The Labute approximate surface area is 166 Å². The Bertz CT molecular complexity index is 898. The van der Waals surface area contributed by atoms with Gasteiger partial charge < -0.3 is 14.9 Å². The third kappa shape index (κ3) is 3.91. The van der Waals surface area contributed by atoms with Crippen LogP contribution >= 0.6 is 0 Å². The van der Waals surface area contributed by atoms with Crippen LogP contribution in [0.1, 0.15) is 59.1 Å². The topological polar surface area (TPSA) is 66.8 Å². The number of carbonyl (C=O) groups excluding carboxylic acids is 1. The lowest BCUT2D eigenvalue weighted by molar-refractivity contribution is -0.137. The van der Waals surface area contributed by atoms with Gasteiger partial charge in [-0.15, -0.1) is 0 Å². The highest BCUT2D eigenvalue weighted by Gasteiger charge is 2.33. The molecule has 1 aliphatic carbocycles. The molecule has 4 heteroatoms. The van der Waals surface area contributed by atoms with Crippen molar-refractivity contribution in [1.29, 1.82) is 0 Å². The molecule has 0 aromatic heterocycles. The van der Waals surface area contributed by atoms with E-state index in [1.54, 1.807) is 0 Å². The van der Waals surface area contributed by atoms with Gasteiger partial charge in [-0.2, -0.15) is 0 Å². The zero-order chi connectivity index (χ0) is 20.6. The van der Waals surface area contributed by atoms with E-state index in [2.05, 4.69) is 0 Å². The number of ether oxygens (including phenoxy) is 1. The fourth-order valence-corrected chi connectivity index (χ4v) is 4.34. The second-order valence-corrected chi connectivity index (χ2v) is 7.95. The summed E-state index contributed by atoms with van der Waals surface area (Å²) in [6, 6.07) is 7.88. The molecule has 0 heterocycles. The number of aromatic hydroxyl groups is 2. The molecule has 0 spiro atoms. The maximum atomic E-state index is 11.4. The molecule has 0 fully saturated rings. The summed E-state index contributed by atoms with van der Waals surface area (Å²) < 4.78 is 5.32. The molecule has 0 radical (unpaired) electrons. The lowest BCUT2D eigenvalue weighted by Gasteiger charge is -2.27. The minimum atomic E-state index is -0.327. The molecule has 1 unspecified atom stereocenters. The first kappa shape index (κ1) is 20.0. The summed E-state index contributed by atoms with van der Waals surface area (Å²) in [5.41, 5.74) is 5.33. The molecular formula is C24H28O4. The molecule has 0 aliphatic heterocycles. The Morgan fingerprint density at radius 3 is 1.93 bits per heavy atom. The highest BCUT2D eigenvalue weighted by molar-refractivity contribution is 5.67. The van der Waals surface area contributed by atoms with Crippen molar-refractivity contribution in [1.82, 2.24) is 0 Å². The summed E-state index contributed by atoms with van der Waals surface area (Å²) >= 11 is 0. The van der Waals surface area contributed by atoms with Crippen molar-refractivity contribution < 1.29 is 19.7 Å². The van der Waals surface area contributed by atoms with E-state index < -0.39 is 0 Å². The van der Waals surface area contributed by atoms with Gasteiger partial charge in [-0.1, -0.05) is 35.4 Å². The lowest BCUT2D eigenvalue weighted by atomic mass is 9.77. The molecule has 2 N–H and O–H groups in total. The standard InChI is InChI=1S/C24H28O4/c1-13-8-15(3)23(26)20(10-13)22(18-6-7-19(12-18)28-17(5)25)21-11-14(2)9-16(4)24(21)27/h8-12,18,22,26-27H,6-7H2,1-5H3. The van der Waals surface area contributed by atoms with Crippen LogP contribution in [-0.2, 0) is 9.53 Å². The lowest BCUT2D eigenvalue weighted by Crippen LogP contribution is -2.13. The van der Waals surface area contributed by atoms with Crippen molar-refractivity contribution in [2.45, 2.75) is 53.4 Å². The molecule has 0 bridgehead atoms. The average molecular weight is 380 g/mol. The maximum absolute atomic E-state index is 11.4. The van der Waals surface area contributed by atoms with E-state index in [-0.39, 0.29) is 29.3 Å². The summed E-state index contributed by atoms with van der Waals surface area (Å²) in [7, 11) is 0. The van der Waals surface area contributed by atoms with Crippen LogP contribution < -0.4 is 0 Å². The second kappa shape index (κ2) is 7.70. The number of carbonyl (C=O) groups is 1. The Balaban J connectivity index is 2.19. The minimum absolute atomic E-state index is 0.00792. The molecular weight excluding hydrogens is 352 g/mol. The Kier molecular flexibility index (Phi) is 5.50. The van der Waals surface area contributed by atoms with Crippen LogP contribution in [0.2, 0.25) is 0 Å². The molecule has 148 valence electrons. The van der Waals surface area contributed by atoms with Gasteiger partial charge in [0.05, 0.1) is 0 Å². The van der Waals surface area contributed by atoms with Crippen molar-refractivity contribution in [3.05, 3.63) is 69.5 Å². The van der Waals surface area contributed by atoms with E-state index in [9.17, 15) is 15.0 Å². The van der Waals surface area contributed by atoms with Crippen LogP contribution in [0.3, 0.4) is 0 Å². The molecule has 4 nitrogen and oxygen atoms in total. The number of allylic oxidation sites excluding steroid dienone is 2. The Morgan fingerprint density at radius 2 is 1.46 bits per heavy atom. The number of esters is 1. The first-order valence-corrected chi connectivity index (χ1v) is 9.66. The van der Waals surface area contributed by atoms with E-state index in [0.717, 1.165) is 39.8 Å². The van der Waals surface area contributed by atoms with Crippen LogP contribution in [0.5, 0.6) is 11.5 Å². The van der Waals surface area contributed by atoms with Gasteiger partial charge in [-0.05, 0) is 57.2 Å². The molecule has 0 saturated heterocycles. The second-order valence-electron chi connectivity index (χ2n) is 7.95. The highest BCUT2D eigenvalue weighted by Crippen LogP contribution is 2.47. The summed E-state index contributed by atoms with van der Waals surface area (Å²) in [5.74, 6) is 0.618. The van der Waals surface area contributed by atoms with Crippen LogP contribution in [0.25, 0.3) is 0 Å². The van der Waals surface area contributed by atoms with E-state index >= 15 is 0 Å². The van der Waals surface area contributed by atoms with E-state index in [4.69, 9.17) is 4.74 Å². The number of hydrogen-bond acceptors (Lipinski definition) is 4. The zero-order valence-corrected chi connectivity index (χ0v) is 17.2. The van der Waals surface area contributed by atoms with E-state index in [1.807, 2.05) is 58.0 Å². The maximum Gasteiger partial charge on any atom is 0.307 e. The van der Waals surface area contributed by atoms with Gasteiger partial charge in [0.25, 0.3) is 0 Å². The summed E-state index contributed by atoms with van der Waals surface area (Å²) in [5, 5.41) is 21.7. The van der Waals surface area contributed by atoms with Crippen LogP contribution in [0, 0.1) is 33.6 Å². The normalized spacial score (nSPS) is 16.4. The van der Waals surface area contributed by atoms with Gasteiger partial charge in [-0.25, -0.2) is 0 Å². The molecule has 1 aliphatic rings. The molecule has 2 aromatic rings. The first-order valence-electron chi connectivity index (χ1n) is 9.66. The summed E-state index contributed by atoms with van der Waals surface area (Å²) in [6.07, 6.45) is 3.42. The van der Waals surface area contributed by atoms with Gasteiger partial charge >= 0.3 is 5.97 Å². The van der Waals surface area contributed by atoms with Gasteiger partial charge in [0.2, 0.25) is 0 Å². The number of benzene rings is 2. The van der Waals surface area contributed by atoms with Crippen molar-refractivity contribution in [2.75, 3.05) is 0 Å². The smallest absolute Gasteiger partial charge is 0.307 e. The van der Waals surface area contributed by atoms with Gasteiger partial charge in [0, 0.05) is 30.4 Å². The predicted octanol–water partition coefficient (Wildman–Crippen LogP) is 5.32. The van der Waals surface area contributed by atoms with Crippen molar-refractivity contribution in [3.63, 3.8) is 0 Å². The van der Waals surface area contributed by atoms with Gasteiger partial charge in [0.1, 0.15) is 17.3 Å². The molecule has 0 amide bonds. The average Bonchev–Trinajstić information content (AvgIpc) is 3.03. The molecule has 1 atom stereocenters. The fraction of sp³-hybridized carbons (Fsp3) is 0.375. The fourth-order valence-electron chi connectivity index (χ4n) is 4.34. The largest absolute Gasteiger partial charge is 0.507 e. The Morgan fingerprint density at radius 1 is 0.964 bits per heavy atom. The van der Waals surface area contributed by atoms with Crippen molar-refractivity contribution >= 4 is 5.97 Å². The quantitative estimate of drug-likeness (QED) is 0.705. The zero-order valence-electron chi connectivity index (χ0n) is 17.2.